The Morgan fingerprint density at radius 1 is 1.19 bits per heavy atom. The Balaban J connectivity index is 2.38. The fraction of sp³-hybridized carbons (Fsp3) is 0.154. The van der Waals surface area contributed by atoms with E-state index >= 15 is 0 Å². The number of hydrogen-bond donors (Lipinski definition) is 2. The van der Waals surface area contributed by atoms with E-state index in [9.17, 15) is 17.2 Å². The Bertz CT molecular complexity index is 731. The third kappa shape index (κ3) is 3.66. The van der Waals surface area contributed by atoms with Gasteiger partial charge >= 0.3 is 0 Å². The molecule has 2 rings (SSSR count). The number of hydrogen-bond acceptors (Lipinski definition) is 4. The molecule has 0 aliphatic rings. The van der Waals surface area contributed by atoms with Crippen molar-refractivity contribution in [2.75, 3.05) is 16.6 Å². The maximum absolute atomic E-state index is 13.1. The fourth-order valence-electron chi connectivity index (χ4n) is 1.75. The Hall–Kier alpha value is -2.22. The quantitative estimate of drug-likeness (QED) is 0.890. The Morgan fingerprint density at radius 2 is 1.86 bits per heavy atom. The van der Waals surface area contributed by atoms with Gasteiger partial charge in [-0.2, -0.15) is 0 Å². The molecule has 8 heteroatoms. The molecule has 0 spiro atoms. The summed E-state index contributed by atoms with van der Waals surface area (Å²) in [6, 6.07) is 3.95. The van der Waals surface area contributed by atoms with Crippen molar-refractivity contribution in [3.63, 3.8) is 0 Å². The first-order valence-electron chi connectivity index (χ1n) is 6.09. The van der Waals surface area contributed by atoms with Gasteiger partial charge in [-0.3, -0.25) is 9.71 Å². The van der Waals surface area contributed by atoms with Gasteiger partial charge in [-0.25, -0.2) is 17.2 Å². The smallest absolute Gasteiger partial charge is 0.265 e. The molecule has 1 aromatic carbocycles. The van der Waals surface area contributed by atoms with Gasteiger partial charge in [0.25, 0.3) is 10.0 Å². The molecule has 21 heavy (non-hydrogen) atoms. The second kappa shape index (κ2) is 6.04. The van der Waals surface area contributed by atoms with Gasteiger partial charge in [0.1, 0.15) is 16.5 Å². The highest BCUT2D eigenvalue weighted by Crippen LogP contribution is 2.23. The highest BCUT2D eigenvalue weighted by molar-refractivity contribution is 7.92. The summed E-state index contributed by atoms with van der Waals surface area (Å²) in [6.07, 6.45) is 2.61. The highest BCUT2D eigenvalue weighted by atomic mass is 32.2. The summed E-state index contributed by atoms with van der Waals surface area (Å²) in [5.74, 6) is -1.74. The first kappa shape index (κ1) is 15.2. The van der Waals surface area contributed by atoms with Gasteiger partial charge in [-0.05, 0) is 25.1 Å². The Labute approximate surface area is 121 Å². The van der Waals surface area contributed by atoms with E-state index < -0.39 is 21.7 Å². The third-order valence-electron chi connectivity index (χ3n) is 2.56. The number of halogens is 2. The molecule has 1 heterocycles. The van der Waals surface area contributed by atoms with E-state index in [1.807, 2.05) is 6.92 Å². The minimum Gasteiger partial charge on any atom is -0.384 e. The summed E-state index contributed by atoms with van der Waals surface area (Å²) < 4.78 is 52.9. The molecule has 0 saturated carbocycles. The van der Waals surface area contributed by atoms with Crippen LogP contribution in [0.25, 0.3) is 0 Å². The van der Waals surface area contributed by atoms with Crippen molar-refractivity contribution in [3.05, 3.63) is 48.3 Å². The zero-order chi connectivity index (χ0) is 15.5. The van der Waals surface area contributed by atoms with Gasteiger partial charge < -0.3 is 5.32 Å². The van der Waals surface area contributed by atoms with Crippen LogP contribution in [0, 0.1) is 11.6 Å². The molecule has 0 aliphatic heterocycles. The minimum atomic E-state index is -4.01. The van der Waals surface area contributed by atoms with Crippen LogP contribution < -0.4 is 10.0 Å². The number of sulfonamides is 1. The van der Waals surface area contributed by atoms with Gasteiger partial charge in [-0.1, -0.05) is 0 Å². The molecule has 0 unspecified atom stereocenters. The first-order chi connectivity index (χ1) is 9.92. The molecule has 0 aliphatic carbocycles. The van der Waals surface area contributed by atoms with Crippen LogP contribution in [0.3, 0.4) is 0 Å². The molecular formula is C13H13F2N3O2S. The van der Waals surface area contributed by atoms with Crippen molar-refractivity contribution in [3.8, 4) is 0 Å². The van der Waals surface area contributed by atoms with E-state index in [0.29, 0.717) is 18.3 Å². The number of benzene rings is 1. The normalized spacial score (nSPS) is 11.2. The van der Waals surface area contributed by atoms with Gasteiger partial charge in [0, 0.05) is 25.0 Å². The van der Waals surface area contributed by atoms with Crippen LogP contribution in [0.1, 0.15) is 6.92 Å². The largest absolute Gasteiger partial charge is 0.384 e. The summed E-state index contributed by atoms with van der Waals surface area (Å²) in [4.78, 5) is 3.66. The van der Waals surface area contributed by atoms with Gasteiger partial charge in [0.2, 0.25) is 0 Å². The number of rotatable bonds is 5. The van der Waals surface area contributed by atoms with Crippen LogP contribution >= 0.6 is 0 Å². The summed E-state index contributed by atoms with van der Waals surface area (Å²) >= 11 is 0. The lowest BCUT2D eigenvalue weighted by Crippen LogP contribution is -2.16. The fourth-order valence-corrected chi connectivity index (χ4v) is 2.92. The lowest BCUT2D eigenvalue weighted by atomic mass is 10.3. The summed E-state index contributed by atoms with van der Waals surface area (Å²) in [7, 11) is -4.01. The van der Waals surface area contributed by atoms with E-state index in [-0.39, 0.29) is 10.6 Å². The zero-order valence-electron chi connectivity index (χ0n) is 11.1. The van der Waals surface area contributed by atoms with E-state index in [1.54, 1.807) is 0 Å². The summed E-state index contributed by atoms with van der Waals surface area (Å²) in [6.45, 7) is 2.33. The lowest BCUT2D eigenvalue weighted by Gasteiger charge is -2.12. The topological polar surface area (TPSA) is 71.1 Å². The van der Waals surface area contributed by atoms with Crippen LogP contribution in [0.5, 0.6) is 0 Å². The zero-order valence-corrected chi connectivity index (χ0v) is 11.9. The molecule has 0 bridgehead atoms. The Kier molecular flexibility index (Phi) is 4.37. The molecule has 0 amide bonds. The number of anilines is 2. The van der Waals surface area contributed by atoms with E-state index in [2.05, 4.69) is 15.0 Å². The van der Waals surface area contributed by atoms with Crippen molar-refractivity contribution in [2.45, 2.75) is 11.8 Å². The molecule has 0 saturated heterocycles. The summed E-state index contributed by atoms with van der Waals surface area (Å²) in [5, 5.41) is 2.88. The lowest BCUT2D eigenvalue weighted by molar-refractivity contribution is 0.584. The second-order valence-corrected chi connectivity index (χ2v) is 5.82. The van der Waals surface area contributed by atoms with Crippen LogP contribution in [0.2, 0.25) is 0 Å². The van der Waals surface area contributed by atoms with Crippen LogP contribution in [-0.2, 0) is 10.0 Å². The second-order valence-electron chi connectivity index (χ2n) is 4.17. The van der Waals surface area contributed by atoms with Crippen LogP contribution in [0.4, 0.5) is 20.2 Å². The highest BCUT2D eigenvalue weighted by Gasteiger charge is 2.19. The number of aromatic nitrogens is 1. The predicted molar refractivity (Wildman–Crippen MR) is 75.6 cm³/mol. The molecule has 112 valence electrons. The molecular weight excluding hydrogens is 300 g/mol. The van der Waals surface area contributed by atoms with Crippen molar-refractivity contribution in [1.29, 1.82) is 0 Å². The van der Waals surface area contributed by atoms with Crippen molar-refractivity contribution in [2.24, 2.45) is 0 Å². The summed E-state index contributed by atoms with van der Waals surface area (Å²) in [5.41, 5.74) is 0.163. The van der Waals surface area contributed by atoms with Crippen molar-refractivity contribution < 1.29 is 17.2 Å². The van der Waals surface area contributed by atoms with Gasteiger partial charge in [-0.15, -0.1) is 0 Å². The van der Waals surface area contributed by atoms with Gasteiger partial charge in [0.15, 0.2) is 0 Å². The van der Waals surface area contributed by atoms with Gasteiger partial charge in [0.05, 0.1) is 11.4 Å². The SMILES string of the molecule is CCNc1ccncc1S(=O)(=O)Nc1cc(F)cc(F)c1. The van der Waals surface area contributed by atoms with Crippen molar-refractivity contribution >= 4 is 21.4 Å². The minimum absolute atomic E-state index is 0.100. The van der Waals surface area contributed by atoms with Crippen LogP contribution in [-0.4, -0.2) is 19.9 Å². The predicted octanol–water partition coefficient (Wildman–Crippen LogP) is 2.59. The molecule has 1 aromatic heterocycles. The monoisotopic (exact) mass is 313 g/mol. The number of pyridine rings is 1. The molecule has 0 atom stereocenters. The molecule has 2 N–H and O–H groups in total. The van der Waals surface area contributed by atoms with E-state index in [4.69, 9.17) is 0 Å². The van der Waals surface area contributed by atoms with Crippen molar-refractivity contribution in [1.82, 2.24) is 4.98 Å². The maximum atomic E-state index is 13.1. The number of nitrogens with zero attached hydrogens (tertiary/aromatic N) is 1. The van der Waals surface area contributed by atoms with Crippen LogP contribution in [0.15, 0.2) is 41.6 Å². The average Bonchev–Trinajstić information content (AvgIpc) is 2.37. The Morgan fingerprint density at radius 3 is 2.48 bits per heavy atom. The molecule has 5 nitrogen and oxygen atoms in total. The standard InChI is InChI=1S/C13H13F2N3O2S/c1-2-17-12-3-4-16-8-13(12)21(19,20)18-11-6-9(14)5-10(15)7-11/h3-8,18H,2H2,1H3,(H,16,17). The molecule has 0 fully saturated rings. The first-order valence-corrected chi connectivity index (χ1v) is 7.57. The molecule has 0 radical (unpaired) electrons. The number of nitrogens with one attached hydrogen (secondary N) is 2. The third-order valence-corrected chi connectivity index (χ3v) is 3.96. The van der Waals surface area contributed by atoms with E-state index in [1.165, 1.54) is 12.3 Å². The average molecular weight is 313 g/mol. The molecule has 2 aromatic rings. The maximum Gasteiger partial charge on any atom is 0.265 e. The van der Waals surface area contributed by atoms with E-state index in [0.717, 1.165) is 18.3 Å².